The van der Waals surface area contributed by atoms with Gasteiger partial charge in [-0.1, -0.05) is 12.8 Å². The molecular weight excluding hydrogens is 404 g/mol. The number of methoxy groups -OCH3 is 1. The van der Waals surface area contributed by atoms with Crippen molar-refractivity contribution < 1.29 is 19.1 Å². The maximum absolute atomic E-state index is 12.9. The van der Waals surface area contributed by atoms with Crippen molar-refractivity contribution in [2.75, 3.05) is 23.9 Å². The Morgan fingerprint density at radius 3 is 2.50 bits per heavy atom. The first-order valence-corrected chi connectivity index (χ1v) is 10.9. The van der Waals surface area contributed by atoms with Crippen molar-refractivity contribution in [2.24, 2.45) is 0 Å². The van der Waals surface area contributed by atoms with Crippen LogP contribution in [0.4, 0.5) is 10.8 Å². The van der Waals surface area contributed by atoms with Gasteiger partial charge in [0.2, 0.25) is 17.7 Å². The second-order valence-corrected chi connectivity index (χ2v) is 8.01. The van der Waals surface area contributed by atoms with Gasteiger partial charge in [-0.2, -0.15) is 0 Å². The fraction of sp³-hybridized carbons (Fsp3) is 0.429. The van der Waals surface area contributed by atoms with Crippen molar-refractivity contribution in [2.45, 2.75) is 44.6 Å². The first kappa shape index (κ1) is 21.8. The summed E-state index contributed by atoms with van der Waals surface area (Å²) in [5, 5.41) is 7.92. The van der Waals surface area contributed by atoms with Crippen LogP contribution in [0.5, 0.6) is 5.75 Å². The van der Waals surface area contributed by atoms with Crippen LogP contribution >= 0.6 is 11.3 Å². The number of ether oxygens (including phenoxy) is 1. The molecular formula is C21H26N4O4S. The largest absolute Gasteiger partial charge is 0.497 e. The molecule has 2 aromatic rings. The van der Waals surface area contributed by atoms with Gasteiger partial charge < -0.3 is 20.3 Å². The van der Waals surface area contributed by atoms with E-state index >= 15 is 0 Å². The number of nitrogens with one attached hydrogen (secondary N) is 2. The molecule has 0 unspecified atom stereocenters. The van der Waals surface area contributed by atoms with Crippen LogP contribution in [-0.4, -0.2) is 42.4 Å². The maximum atomic E-state index is 12.9. The number of thiazole rings is 1. The van der Waals surface area contributed by atoms with E-state index < -0.39 is 0 Å². The predicted octanol–water partition coefficient (Wildman–Crippen LogP) is 2.96. The molecule has 0 aliphatic heterocycles. The summed E-state index contributed by atoms with van der Waals surface area (Å²) in [7, 11) is 1.56. The number of rotatable bonds is 9. The summed E-state index contributed by atoms with van der Waals surface area (Å²) in [6.45, 7) is -0.0875. The second-order valence-electron chi connectivity index (χ2n) is 7.11. The van der Waals surface area contributed by atoms with E-state index in [0.29, 0.717) is 16.6 Å². The molecule has 3 rings (SSSR count). The molecule has 1 aliphatic rings. The van der Waals surface area contributed by atoms with E-state index in [1.54, 1.807) is 43.0 Å². The Hall–Kier alpha value is -2.94. The van der Waals surface area contributed by atoms with Crippen molar-refractivity contribution in [1.82, 2.24) is 10.3 Å². The third kappa shape index (κ3) is 6.28. The van der Waals surface area contributed by atoms with Crippen LogP contribution < -0.4 is 20.3 Å². The molecule has 0 spiro atoms. The van der Waals surface area contributed by atoms with E-state index in [0.717, 1.165) is 25.7 Å². The summed E-state index contributed by atoms with van der Waals surface area (Å²) in [5.41, 5.74) is 0.586. The molecule has 0 bridgehead atoms. The zero-order chi connectivity index (χ0) is 21.3. The molecule has 0 radical (unpaired) electrons. The van der Waals surface area contributed by atoms with Crippen LogP contribution in [0.3, 0.4) is 0 Å². The molecule has 1 saturated carbocycles. The number of amides is 3. The van der Waals surface area contributed by atoms with Gasteiger partial charge in [-0.15, -0.1) is 11.3 Å². The van der Waals surface area contributed by atoms with E-state index in [1.165, 1.54) is 16.2 Å². The van der Waals surface area contributed by atoms with Gasteiger partial charge >= 0.3 is 0 Å². The predicted molar refractivity (Wildman–Crippen MR) is 116 cm³/mol. The molecule has 160 valence electrons. The number of hydrogen-bond donors (Lipinski definition) is 2. The van der Waals surface area contributed by atoms with E-state index in [-0.39, 0.29) is 43.1 Å². The first-order chi connectivity index (χ1) is 14.5. The van der Waals surface area contributed by atoms with Crippen molar-refractivity contribution in [3.05, 3.63) is 35.8 Å². The summed E-state index contributed by atoms with van der Waals surface area (Å²) in [4.78, 5) is 43.0. The zero-order valence-electron chi connectivity index (χ0n) is 16.9. The van der Waals surface area contributed by atoms with Gasteiger partial charge in [0.15, 0.2) is 5.13 Å². The van der Waals surface area contributed by atoms with Crippen LogP contribution in [0, 0.1) is 0 Å². The summed E-state index contributed by atoms with van der Waals surface area (Å²) in [6.07, 6.45) is 5.76. The monoisotopic (exact) mass is 430 g/mol. The lowest BCUT2D eigenvalue weighted by Crippen LogP contribution is -2.43. The Morgan fingerprint density at radius 2 is 1.87 bits per heavy atom. The lowest BCUT2D eigenvalue weighted by Gasteiger charge is -2.23. The molecule has 3 amide bonds. The van der Waals surface area contributed by atoms with Gasteiger partial charge in [0.1, 0.15) is 12.3 Å². The van der Waals surface area contributed by atoms with Gasteiger partial charge in [0.25, 0.3) is 0 Å². The number of benzene rings is 1. The van der Waals surface area contributed by atoms with Crippen LogP contribution in [-0.2, 0) is 14.4 Å². The third-order valence-electron chi connectivity index (χ3n) is 4.95. The standard InChI is InChI=1S/C21H26N4O4S/c1-29-17-8-6-16(7-9-17)25(14-19(27)23-15-4-2-3-5-15)20(28)11-10-18(26)24-21-22-12-13-30-21/h6-9,12-13,15H,2-5,10-11,14H2,1H3,(H,23,27)(H,22,24,26). The average Bonchev–Trinajstić information content (AvgIpc) is 3.45. The quantitative estimate of drug-likeness (QED) is 0.637. The van der Waals surface area contributed by atoms with Crippen LogP contribution in [0.25, 0.3) is 0 Å². The van der Waals surface area contributed by atoms with E-state index in [2.05, 4.69) is 15.6 Å². The summed E-state index contributed by atoms with van der Waals surface area (Å²) in [6, 6.07) is 7.11. The number of carbonyl (C=O) groups is 3. The van der Waals surface area contributed by atoms with Gasteiger partial charge in [-0.25, -0.2) is 4.98 Å². The number of aromatic nitrogens is 1. The highest BCUT2D eigenvalue weighted by atomic mass is 32.1. The minimum absolute atomic E-state index is 0.00924. The fourth-order valence-corrected chi connectivity index (χ4v) is 3.94. The van der Waals surface area contributed by atoms with Crippen molar-refractivity contribution >= 4 is 39.9 Å². The number of hydrogen-bond acceptors (Lipinski definition) is 6. The second kappa shape index (κ2) is 10.7. The van der Waals surface area contributed by atoms with E-state index in [1.807, 2.05) is 0 Å². The molecule has 0 saturated heterocycles. The Kier molecular flexibility index (Phi) is 7.78. The topological polar surface area (TPSA) is 101 Å². The van der Waals surface area contributed by atoms with Crippen LogP contribution in [0.2, 0.25) is 0 Å². The number of anilines is 2. The summed E-state index contributed by atoms with van der Waals surface area (Å²) in [5.74, 6) is -0.123. The Balaban J connectivity index is 1.63. The Morgan fingerprint density at radius 1 is 1.13 bits per heavy atom. The zero-order valence-corrected chi connectivity index (χ0v) is 17.7. The van der Waals surface area contributed by atoms with Crippen molar-refractivity contribution in [1.29, 1.82) is 0 Å². The maximum Gasteiger partial charge on any atom is 0.240 e. The molecule has 1 heterocycles. The highest BCUT2D eigenvalue weighted by Crippen LogP contribution is 2.21. The van der Waals surface area contributed by atoms with Gasteiger partial charge in [-0.05, 0) is 37.1 Å². The highest BCUT2D eigenvalue weighted by molar-refractivity contribution is 7.13. The van der Waals surface area contributed by atoms with Gasteiger partial charge in [-0.3, -0.25) is 14.4 Å². The van der Waals surface area contributed by atoms with Crippen LogP contribution in [0.1, 0.15) is 38.5 Å². The lowest BCUT2D eigenvalue weighted by atomic mass is 10.2. The molecule has 9 heteroatoms. The first-order valence-electron chi connectivity index (χ1n) is 9.98. The summed E-state index contributed by atoms with van der Waals surface area (Å²) >= 11 is 1.31. The van der Waals surface area contributed by atoms with Crippen molar-refractivity contribution in [3.8, 4) is 5.75 Å². The number of carbonyl (C=O) groups excluding carboxylic acids is 3. The minimum atomic E-state index is -0.295. The molecule has 1 aromatic heterocycles. The van der Waals surface area contributed by atoms with Gasteiger partial charge in [0.05, 0.1) is 7.11 Å². The average molecular weight is 431 g/mol. The Labute approximate surface area is 179 Å². The molecule has 2 N–H and O–H groups in total. The third-order valence-corrected chi connectivity index (χ3v) is 5.64. The molecule has 1 aromatic carbocycles. The minimum Gasteiger partial charge on any atom is -0.497 e. The molecule has 30 heavy (non-hydrogen) atoms. The molecule has 8 nitrogen and oxygen atoms in total. The Bertz CT molecular complexity index is 848. The fourth-order valence-electron chi connectivity index (χ4n) is 3.40. The van der Waals surface area contributed by atoms with E-state index in [9.17, 15) is 14.4 Å². The normalized spacial score (nSPS) is 13.6. The van der Waals surface area contributed by atoms with Crippen LogP contribution in [0.15, 0.2) is 35.8 Å². The van der Waals surface area contributed by atoms with Gasteiger partial charge in [0, 0.05) is 36.1 Å². The molecule has 0 atom stereocenters. The van der Waals surface area contributed by atoms with E-state index in [4.69, 9.17) is 4.74 Å². The smallest absolute Gasteiger partial charge is 0.240 e. The SMILES string of the molecule is COc1ccc(N(CC(=O)NC2CCCC2)C(=O)CCC(=O)Nc2nccs2)cc1. The summed E-state index contributed by atoms with van der Waals surface area (Å²) < 4.78 is 5.17. The molecule has 1 fully saturated rings. The molecule has 1 aliphatic carbocycles. The highest BCUT2D eigenvalue weighted by Gasteiger charge is 2.23. The number of nitrogens with zero attached hydrogens (tertiary/aromatic N) is 2. The van der Waals surface area contributed by atoms with Crippen molar-refractivity contribution in [3.63, 3.8) is 0 Å². The lowest BCUT2D eigenvalue weighted by molar-refractivity contribution is -0.125.